The molecule has 1 fully saturated rings. The van der Waals surface area contributed by atoms with Gasteiger partial charge in [-0.3, -0.25) is 9.89 Å². The van der Waals surface area contributed by atoms with Gasteiger partial charge < -0.3 is 15.5 Å². The highest BCUT2D eigenvalue weighted by Crippen LogP contribution is 2.14. The van der Waals surface area contributed by atoms with Crippen molar-refractivity contribution >= 4 is 5.96 Å². The van der Waals surface area contributed by atoms with Crippen LogP contribution in [0.15, 0.2) is 47.5 Å². The Bertz CT molecular complexity index is 841. The van der Waals surface area contributed by atoms with Gasteiger partial charge in [0.1, 0.15) is 5.82 Å². The zero-order valence-electron chi connectivity index (χ0n) is 19.1. The number of hydrogen-bond donors (Lipinski definition) is 2. The van der Waals surface area contributed by atoms with Crippen molar-refractivity contribution in [1.82, 2.24) is 20.4 Å². The van der Waals surface area contributed by atoms with Gasteiger partial charge in [-0.05, 0) is 68.8 Å². The van der Waals surface area contributed by atoms with E-state index in [1.54, 1.807) is 7.05 Å². The fraction of sp³-hybridized carbons (Fsp3) is 0.480. The van der Waals surface area contributed by atoms with Gasteiger partial charge in [0.25, 0.3) is 0 Å². The molecule has 1 heterocycles. The summed E-state index contributed by atoms with van der Waals surface area (Å²) in [6, 6.07) is 14.1. The fourth-order valence-corrected chi connectivity index (χ4v) is 3.93. The maximum absolute atomic E-state index is 14.0. The van der Waals surface area contributed by atoms with Crippen LogP contribution in [-0.2, 0) is 26.2 Å². The zero-order chi connectivity index (χ0) is 22.1. The number of piperidine rings is 1. The highest BCUT2D eigenvalue weighted by Gasteiger charge is 2.10. The lowest BCUT2D eigenvalue weighted by molar-refractivity contribution is 0.221. The number of likely N-dealkylation sites (tertiary alicyclic amines) is 1. The molecule has 168 valence electrons. The van der Waals surface area contributed by atoms with E-state index in [9.17, 15) is 4.39 Å². The first-order valence-corrected chi connectivity index (χ1v) is 11.2. The molecule has 0 aliphatic carbocycles. The van der Waals surface area contributed by atoms with Crippen molar-refractivity contribution in [2.75, 3.05) is 34.2 Å². The SMILES string of the molecule is CN=C(NCc1ccc(CN2CCCCC2)cc1)NCc1ccc(F)c(CN(C)C)c1. The molecule has 0 aromatic heterocycles. The fourth-order valence-electron chi connectivity index (χ4n) is 3.93. The summed E-state index contributed by atoms with van der Waals surface area (Å²) in [5, 5.41) is 6.68. The first kappa shape index (κ1) is 23.2. The van der Waals surface area contributed by atoms with Crippen molar-refractivity contribution in [1.29, 1.82) is 0 Å². The topological polar surface area (TPSA) is 42.9 Å². The second-order valence-electron chi connectivity index (χ2n) is 8.60. The Morgan fingerprint density at radius 1 is 0.935 bits per heavy atom. The lowest BCUT2D eigenvalue weighted by Gasteiger charge is -2.26. The van der Waals surface area contributed by atoms with Crippen LogP contribution in [0.25, 0.3) is 0 Å². The van der Waals surface area contributed by atoms with Crippen molar-refractivity contribution in [3.05, 3.63) is 70.5 Å². The van der Waals surface area contributed by atoms with Crippen LogP contribution in [-0.4, -0.2) is 50.0 Å². The smallest absolute Gasteiger partial charge is 0.191 e. The van der Waals surface area contributed by atoms with Crippen molar-refractivity contribution in [3.63, 3.8) is 0 Å². The monoisotopic (exact) mass is 425 g/mol. The third kappa shape index (κ3) is 7.64. The minimum absolute atomic E-state index is 0.163. The second-order valence-corrected chi connectivity index (χ2v) is 8.60. The first-order chi connectivity index (χ1) is 15.0. The Hall–Kier alpha value is -2.44. The number of nitrogens with one attached hydrogen (secondary N) is 2. The number of guanidine groups is 1. The van der Waals surface area contributed by atoms with Crippen LogP contribution in [0.5, 0.6) is 0 Å². The largest absolute Gasteiger partial charge is 0.352 e. The van der Waals surface area contributed by atoms with Crippen LogP contribution in [0.3, 0.4) is 0 Å². The van der Waals surface area contributed by atoms with Gasteiger partial charge in [0.15, 0.2) is 5.96 Å². The second kappa shape index (κ2) is 11.8. The van der Waals surface area contributed by atoms with Gasteiger partial charge in [-0.2, -0.15) is 0 Å². The minimum atomic E-state index is -0.163. The number of benzene rings is 2. The van der Waals surface area contributed by atoms with Gasteiger partial charge in [-0.25, -0.2) is 4.39 Å². The molecule has 3 rings (SSSR count). The lowest BCUT2D eigenvalue weighted by atomic mass is 10.1. The number of halogens is 1. The van der Waals surface area contributed by atoms with Gasteiger partial charge in [0, 0.05) is 38.8 Å². The molecule has 0 amide bonds. The van der Waals surface area contributed by atoms with Crippen LogP contribution >= 0.6 is 0 Å². The molecule has 2 N–H and O–H groups in total. The summed E-state index contributed by atoms with van der Waals surface area (Å²) in [6.07, 6.45) is 4.01. The molecule has 2 aromatic carbocycles. The Labute approximate surface area is 186 Å². The molecule has 1 saturated heterocycles. The van der Waals surface area contributed by atoms with Gasteiger partial charge in [-0.15, -0.1) is 0 Å². The molecule has 6 heteroatoms. The quantitative estimate of drug-likeness (QED) is 0.500. The van der Waals surface area contributed by atoms with Gasteiger partial charge in [0.2, 0.25) is 0 Å². The van der Waals surface area contributed by atoms with Gasteiger partial charge in [0.05, 0.1) is 0 Å². The van der Waals surface area contributed by atoms with Gasteiger partial charge >= 0.3 is 0 Å². The average Bonchev–Trinajstić information content (AvgIpc) is 2.77. The molecule has 0 saturated carbocycles. The van der Waals surface area contributed by atoms with Crippen molar-refractivity contribution < 1.29 is 4.39 Å². The summed E-state index contributed by atoms with van der Waals surface area (Å²) in [5.74, 6) is 0.569. The van der Waals surface area contributed by atoms with Crippen LogP contribution in [0.2, 0.25) is 0 Å². The third-order valence-electron chi connectivity index (χ3n) is 5.62. The van der Waals surface area contributed by atoms with Crippen LogP contribution in [0.1, 0.15) is 41.5 Å². The summed E-state index contributed by atoms with van der Waals surface area (Å²) in [7, 11) is 5.64. The maximum atomic E-state index is 14.0. The predicted molar refractivity (Wildman–Crippen MR) is 126 cm³/mol. The predicted octanol–water partition coefficient (Wildman–Crippen LogP) is 3.74. The Balaban J connectivity index is 1.47. The molecular weight excluding hydrogens is 389 g/mol. The molecule has 0 radical (unpaired) electrons. The van der Waals surface area contributed by atoms with Crippen LogP contribution in [0, 0.1) is 5.82 Å². The maximum Gasteiger partial charge on any atom is 0.191 e. The van der Waals surface area contributed by atoms with Crippen molar-refractivity contribution in [3.8, 4) is 0 Å². The van der Waals surface area contributed by atoms with Crippen molar-refractivity contribution in [2.45, 2.75) is 45.4 Å². The zero-order valence-corrected chi connectivity index (χ0v) is 19.1. The summed E-state index contributed by atoms with van der Waals surface area (Å²) < 4.78 is 14.0. The van der Waals surface area contributed by atoms with E-state index in [-0.39, 0.29) is 5.82 Å². The molecule has 0 unspecified atom stereocenters. The van der Waals surface area contributed by atoms with E-state index >= 15 is 0 Å². The summed E-state index contributed by atoms with van der Waals surface area (Å²) >= 11 is 0. The van der Waals surface area contributed by atoms with Crippen LogP contribution < -0.4 is 10.6 Å². The third-order valence-corrected chi connectivity index (χ3v) is 5.62. The van der Waals surface area contributed by atoms with E-state index in [1.807, 2.05) is 31.1 Å². The van der Waals surface area contributed by atoms with E-state index in [0.29, 0.717) is 25.2 Å². The molecule has 0 atom stereocenters. The molecule has 2 aromatic rings. The average molecular weight is 426 g/mol. The highest BCUT2D eigenvalue weighted by atomic mass is 19.1. The normalized spacial score (nSPS) is 15.3. The van der Waals surface area contributed by atoms with E-state index in [1.165, 1.54) is 49.5 Å². The molecule has 0 bridgehead atoms. The Kier molecular flexibility index (Phi) is 8.85. The standard InChI is InChI=1S/C25H36FN5/c1-27-25(29-17-22-11-12-24(26)23(15-22)19-30(2)3)28-16-20-7-9-21(10-8-20)18-31-13-5-4-6-14-31/h7-12,15H,4-6,13-14,16-19H2,1-3H3,(H2,27,28,29). The van der Waals surface area contributed by atoms with Crippen LogP contribution in [0.4, 0.5) is 4.39 Å². The minimum Gasteiger partial charge on any atom is -0.352 e. The van der Waals surface area contributed by atoms with E-state index < -0.39 is 0 Å². The number of nitrogens with zero attached hydrogens (tertiary/aromatic N) is 3. The highest BCUT2D eigenvalue weighted by molar-refractivity contribution is 5.79. The molecule has 0 spiro atoms. The van der Waals surface area contributed by atoms with E-state index in [0.717, 1.165) is 18.1 Å². The van der Waals surface area contributed by atoms with Gasteiger partial charge in [-0.1, -0.05) is 36.8 Å². The summed E-state index contributed by atoms with van der Waals surface area (Å²) in [6.45, 7) is 5.37. The molecular formula is C25H36FN5. The number of rotatable bonds is 8. The lowest BCUT2D eigenvalue weighted by Crippen LogP contribution is -2.36. The molecule has 5 nitrogen and oxygen atoms in total. The van der Waals surface area contributed by atoms with Crippen molar-refractivity contribution in [2.24, 2.45) is 4.99 Å². The molecule has 1 aliphatic rings. The number of hydrogen-bond acceptors (Lipinski definition) is 3. The summed E-state index contributed by atoms with van der Waals surface area (Å²) in [5.41, 5.74) is 4.33. The molecule has 31 heavy (non-hydrogen) atoms. The molecule has 1 aliphatic heterocycles. The Morgan fingerprint density at radius 2 is 1.55 bits per heavy atom. The first-order valence-electron chi connectivity index (χ1n) is 11.2. The number of aliphatic imine (C=N–C) groups is 1. The van der Waals surface area contributed by atoms with E-state index in [4.69, 9.17) is 0 Å². The Morgan fingerprint density at radius 3 is 2.19 bits per heavy atom. The summed E-state index contributed by atoms with van der Waals surface area (Å²) in [4.78, 5) is 8.82. The van der Waals surface area contributed by atoms with E-state index in [2.05, 4.69) is 44.8 Å².